The van der Waals surface area contributed by atoms with E-state index in [-0.39, 0.29) is 19.4 Å². The maximum Gasteiger partial charge on any atom is 0.325 e. The molecule has 0 radical (unpaired) electrons. The molecule has 1 heterocycles. The highest BCUT2D eigenvalue weighted by Crippen LogP contribution is 2.36. The minimum atomic E-state index is -4.04. The largest absolute Gasteiger partial charge is 0.480 e. The van der Waals surface area contributed by atoms with Crippen molar-refractivity contribution in [2.75, 3.05) is 13.7 Å². The Bertz CT molecular complexity index is 474. The third kappa shape index (κ3) is 2.46. The number of sulfonamides is 1. The minimum Gasteiger partial charge on any atom is -0.480 e. The quantitative estimate of drug-likeness (QED) is 0.727. The van der Waals surface area contributed by atoms with E-state index in [0.717, 1.165) is 11.4 Å². The summed E-state index contributed by atoms with van der Waals surface area (Å²) < 4.78 is 30.1. The number of methoxy groups -OCH3 is 1. The number of carbonyl (C=O) groups excluding carboxylic acids is 1. The summed E-state index contributed by atoms with van der Waals surface area (Å²) in [5, 5.41) is 7.95. The van der Waals surface area contributed by atoms with Crippen LogP contribution in [0.1, 0.15) is 33.1 Å². The second kappa shape index (κ2) is 5.46. The summed E-state index contributed by atoms with van der Waals surface area (Å²) in [5.41, 5.74) is -1.44. The topological polar surface area (TPSA) is 101 Å². The molecule has 1 saturated heterocycles. The van der Waals surface area contributed by atoms with E-state index in [0.29, 0.717) is 6.42 Å². The van der Waals surface area contributed by atoms with Gasteiger partial charge in [0.05, 0.1) is 7.11 Å². The van der Waals surface area contributed by atoms with Gasteiger partial charge in [0.25, 0.3) is 0 Å². The smallest absolute Gasteiger partial charge is 0.325 e. The van der Waals surface area contributed by atoms with Crippen LogP contribution in [-0.4, -0.2) is 54.2 Å². The monoisotopic (exact) mass is 293 g/mol. The van der Waals surface area contributed by atoms with Gasteiger partial charge in [-0.3, -0.25) is 9.59 Å². The van der Waals surface area contributed by atoms with E-state index in [1.807, 2.05) is 0 Å². The molecule has 1 N–H and O–H groups in total. The van der Waals surface area contributed by atoms with Crippen LogP contribution in [0.5, 0.6) is 0 Å². The second-order valence-electron chi connectivity index (χ2n) is 4.58. The molecule has 8 heteroatoms. The molecule has 0 amide bonds. The van der Waals surface area contributed by atoms with Crippen LogP contribution in [0.3, 0.4) is 0 Å². The van der Waals surface area contributed by atoms with E-state index in [1.165, 1.54) is 6.92 Å². The summed E-state index contributed by atoms with van der Waals surface area (Å²) in [7, 11) is -2.94. The third-order valence-electron chi connectivity index (χ3n) is 3.70. The SMILES string of the molecule is CCC1(C(=O)O)CCCN1S(=O)(=O)C(C)C(=O)OC. The van der Waals surface area contributed by atoms with Crippen LogP contribution in [0, 0.1) is 0 Å². The van der Waals surface area contributed by atoms with Crippen LogP contribution in [-0.2, 0) is 24.3 Å². The van der Waals surface area contributed by atoms with Crippen molar-refractivity contribution < 1.29 is 27.9 Å². The number of carboxylic acids is 1. The number of hydrogen-bond donors (Lipinski definition) is 1. The van der Waals surface area contributed by atoms with Crippen LogP contribution in [0.2, 0.25) is 0 Å². The lowest BCUT2D eigenvalue weighted by Gasteiger charge is -2.34. The first-order chi connectivity index (χ1) is 8.74. The van der Waals surface area contributed by atoms with Gasteiger partial charge in [0, 0.05) is 6.54 Å². The van der Waals surface area contributed by atoms with Gasteiger partial charge in [-0.25, -0.2) is 8.42 Å². The Hall–Kier alpha value is -1.15. The van der Waals surface area contributed by atoms with Crippen molar-refractivity contribution >= 4 is 22.0 Å². The van der Waals surface area contributed by atoms with E-state index in [9.17, 15) is 23.1 Å². The molecule has 0 aromatic rings. The first-order valence-electron chi connectivity index (χ1n) is 6.07. The van der Waals surface area contributed by atoms with Crippen molar-refractivity contribution in [3.8, 4) is 0 Å². The zero-order valence-electron chi connectivity index (χ0n) is 11.2. The highest BCUT2D eigenvalue weighted by molar-refractivity contribution is 7.90. The standard InChI is InChI=1S/C11H19NO6S/c1-4-11(10(14)15)6-5-7-12(11)19(16,17)8(2)9(13)18-3/h8H,4-7H2,1-3H3,(H,14,15). The molecule has 0 spiro atoms. The first-order valence-corrected chi connectivity index (χ1v) is 7.57. The average molecular weight is 293 g/mol. The Morgan fingerprint density at radius 1 is 1.47 bits per heavy atom. The molecule has 19 heavy (non-hydrogen) atoms. The molecule has 1 aliphatic heterocycles. The molecule has 0 saturated carbocycles. The van der Waals surface area contributed by atoms with Gasteiger partial charge in [-0.1, -0.05) is 6.92 Å². The Kier molecular flexibility index (Phi) is 4.57. The predicted octanol–water partition coefficient (Wildman–Crippen LogP) is 0.207. The molecule has 0 aromatic heterocycles. The lowest BCUT2D eigenvalue weighted by atomic mass is 9.95. The maximum atomic E-state index is 12.4. The van der Waals surface area contributed by atoms with Crippen LogP contribution in [0.4, 0.5) is 0 Å². The number of nitrogens with zero attached hydrogens (tertiary/aromatic N) is 1. The molecular weight excluding hydrogens is 274 g/mol. The number of esters is 1. The minimum absolute atomic E-state index is 0.115. The van der Waals surface area contributed by atoms with Crippen LogP contribution in [0.15, 0.2) is 0 Å². The molecule has 0 aromatic carbocycles. The zero-order chi connectivity index (χ0) is 14.8. The van der Waals surface area contributed by atoms with Gasteiger partial charge in [-0.05, 0) is 26.2 Å². The highest BCUT2D eigenvalue weighted by Gasteiger charge is 2.53. The lowest BCUT2D eigenvalue weighted by molar-refractivity contribution is -0.147. The fourth-order valence-corrected chi connectivity index (χ4v) is 4.31. The van der Waals surface area contributed by atoms with Gasteiger partial charge in [0.2, 0.25) is 10.0 Å². The van der Waals surface area contributed by atoms with E-state index in [2.05, 4.69) is 4.74 Å². The van der Waals surface area contributed by atoms with Crippen molar-refractivity contribution in [3.63, 3.8) is 0 Å². The number of ether oxygens (including phenoxy) is 1. The number of carboxylic acid groups (broad SMARTS) is 1. The normalized spacial score (nSPS) is 26.1. The molecule has 0 bridgehead atoms. The van der Waals surface area contributed by atoms with Crippen LogP contribution >= 0.6 is 0 Å². The van der Waals surface area contributed by atoms with Gasteiger partial charge in [0.15, 0.2) is 5.25 Å². The van der Waals surface area contributed by atoms with E-state index < -0.39 is 32.8 Å². The summed E-state index contributed by atoms with van der Waals surface area (Å²) in [6.45, 7) is 2.95. The molecule has 1 rings (SSSR count). The Labute approximate surface area is 112 Å². The predicted molar refractivity (Wildman–Crippen MR) is 67.0 cm³/mol. The average Bonchev–Trinajstić information content (AvgIpc) is 2.82. The summed E-state index contributed by atoms with van der Waals surface area (Å²) >= 11 is 0. The van der Waals surface area contributed by atoms with Crippen molar-refractivity contribution in [3.05, 3.63) is 0 Å². The van der Waals surface area contributed by atoms with Gasteiger partial charge in [-0.2, -0.15) is 4.31 Å². The summed E-state index contributed by atoms with van der Waals surface area (Å²) in [5.74, 6) is -2.06. The number of rotatable bonds is 5. The summed E-state index contributed by atoms with van der Waals surface area (Å²) in [6.07, 6.45) is 0.884. The fourth-order valence-electron chi connectivity index (χ4n) is 2.42. The fraction of sp³-hybridized carbons (Fsp3) is 0.818. The number of aliphatic carboxylic acids is 1. The first kappa shape index (κ1) is 15.9. The molecule has 2 unspecified atom stereocenters. The third-order valence-corrected chi connectivity index (χ3v) is 5.93. The lowest BCUT2D eigenvalue weighted by Crippen LogP contribution is -2.55. The Morgan fingerprint density at radius 2 is 2.05 bits per heavy atom. The molecule has 2 atom stereocenters. The van der Waals surface area contributed by atoms with E-state index in [1.54, 1.807) is 6.92 Å². The van der Waals surface area contributed by atoms with Crippen LogP contribution in [0.25, 0.3) is 0 Å². The van der Waals surface area contributed by atoms with Gasteiger partial charge >= 0.3 is 11.9 Å². The van der Waals surface area contributed by atoms with Gasteiger partial charge in [0.1, 0.15) is 5.54 Å². The Balaban J connectivity index is 3.20. The zero-order valence-corrected chi connectivity index (χ0v) is 12.1. The molecule has 1 aliphatic rings. The van der Waals surface area contributed by atoms with E-state index in [4.69, 9.17) is 0 Å². The second-order valence-corrected chi connectivity index (χ2v) is 6.75. The number of carbonyl (C=O) groups is 2. The highest BCUT2D eigenvalue weighted by atomic mass is 32.2. The molecule has 1 fully saturated rings. The molecule has 110 valence electrons. The van der Waals surface area contributed by atoms with E-state index >= 15 is 0 Å². The Morgan fingerprint density at radius 3 is 2.47 bits per heavy atom. The van der Waals surface area contributed by atoms with Crippen molar-refractivity contribution in [2.24, 2.45) is 0 Å². The number of hydrogen-bond acceptors (Lipinski definition) is 5. The van der Waals surface area contributed by atoms with Crippen molar-refractivity contribution in [1.29, 1.82) is 0 Å². The van der Waals surface area contributed by atoms with Gasteiger partial charge < -0.3 is 9.84 Å². The van der Waals surface area contributed by atoms with Gasteiger partial charge in [-0.15, -0.1) is 0 Å². The summed E-state index contributed by atoms with van der Waals surface area (Å²) in [4.78, 5) is 22.9. The molecule has 0 aliphatic carbocycles. The van der Waals surface area contributed by atoms with Crippen LogP contribution < -0.4 is 0 Å². The molecular formula is C11H19NO6S. The van der Waals surface area contributed by atoms with Crippen molar-refractivity contribution in [1.82, 2.24) is 4.31 Å². The summed E-state index contributed by atoms with van der Waals surface area (Å²) in [6, 6.07) is 0. The maximum absolute atomic E-state index is 12.4. The van der Waals surface area contributed by atoms with Crippen molar-refractivity contribution in [2.45, 2.75) is 43.9 Å². The molecule has 7 nitrogen and oxygen atoms in total.